The molecule has 0 saturated carbocycles. The van der Waals surface area contributed by atoms with Gasteiger partial charge < -0.3 is 18.9 Å². The molecule has 0 aromatic heterocycles. The molecule has 2 unspecified atom stereocenters. The van der Waals surface area contributed by atoms with Gasteiger partial charge in [0.25, 0.3) is 0 Å². The summed E-state index contributed by atoms with van der Waals surface area (Å²) in [5, 5.41) is 0. The van der Waals surface area contributed by atoms with E-state index < -0.39 is 0 Å². The molecule has 6 nitrogen and oxygen atoms in total. The molecule has 2 fully saturated rings. The predicted octanol–water partition coefficient (Wildman–Crippen LogP) is 0.461. The van der Waals surface area contributed by atoms with Crippen LogP contribution in [0.25, 0.3) is 0 Å². The van der Waals surface area contributed by atoms with Crippen LogP contribution in [0.1, 0.15) is 13.8 Å². The number of hydrogen-bond acceptors (Lipinski definition) is 6. The van der Waals surface area contributed by atoms with Crippen LogP contribution in [-0.2, 0) is 18.9 Å². The molecule has 22 heavy (non-hydrogen) atoms. The van der Waals surface area contributed by atoms with Crippen molar-refractivity contribution >= 4 is 0 Å². The lowest BCUT2D eigenvalue weighted by atomic mass is 10.2. The lowest BCUT2D eigenvalue weighted by Gasteiger charge is -2.35. The molecule has 0 spiro atoms. The van der Waals surface area contributed by atoms with Gasteiger partial charge in [-0.15, -0.1) is 0 Å². The molecule has 2 aliphatic rings. The molecule has 0 bridgehead atoms. The molecule has 6 heteroatoms. The summed E-state index contributed by atoms with van der Waals surface area (Å²) in [6.07, 6.45) is 0.652. The van der Waals surface area contributed by atoms with E-state index in [2.05, 4.69) is 23.6 Å². The Bertz CT molecular complexity index is 277. The normalized spacial score (nSPS) is 28.1. The van der Waals surface area contributed by atoms with Crippen LogP contribution in [0.5, 0.6) is 0 Å². The molecule has 2 aliphatic heterocycles. The van der Waals surface area contributed by atoms with Gasteiger partial charge in [-0.3, -0.25) is 9.80 Å². The topological polar surface area (TPSA) is 43.4 Å². The number of nitrogens with zero attached hydrogens (tertiary/aromatic N) is 2. The summed E-state index contributed by atoms with van der Waals surface area (Å²) in [5.74, 6) is 0. The Morgan fingerprint density at radius 1 is 0.818 bits per heavy atom. The van der Waals surface area contributed by atoms with Crippen molar-refractivity contribution in [1.82, 2.24) is 9.80 Å². The minimum Gasteiger partial charge on any atom is -0.379 e. The zero-order valence-electron chi connectivity index (χ0n) is 14.2. The smallest absolute Gasteiger partial charge is 0.0701 e. The van der Waals surface area contributed by atoms with Crippen LogP contribution in [0.4, 0.5) is 0 Å². The van der Waals surface area contributed by atoms with E-state index in [0.717, 1.165) is 65.7 Å². The predicted molar refractivity (Wildman–Crippen MR) is 85.3 cm³/mol. The van der Waals surface area contributed by atoms with Crippen LogP contribution < -0.4 is 0 Å². The summed E-state index contributed by atoms with van der Waals surface area (Å²) in [7, 11) is 0. The average molecular weight is 316 g/mol. The van der Waals surface area contributed by atoms with Gasteiger partial charge in [-0.1, -0.05) is 0 Å². The van der Waals surface area contributed by atoms with Crippen molar-refractivity contribution in [2.45, 2.75) is 26.1 Å². The van der Waals surface area contributed by atoms with Gasteiger partial charge in [0.15, 0.2) is 0 Å². The summed E-state index contributed by atoms with van der Waals surface area (Å²) in [6.45, 7) is 14.9. The summed E-state index contributed by atoms with van der Waals surface area (Å²) >= 11 is 0. The summed E-state index contributed by atoms with van der Waals surface area (Å²) < 4.78 is 22.3. The molecule has 0 aromatic carbocycles. The molecule has 0 aliphatic carbocycles. The SMILES string of the molecule is CC1CN(CCOCCOCCN2CCOCC2)CC(C)O1. The van der Waals surface area contributed by atoms with Crippen LogP contribution in [0, 0.1) is 0 Å². The Kier molecular flexibility index (Phi) is 8.66. The highest BCUT2D eigenvalue weighted by Gasteiger charge is 2.21. The van der Waals surface area contributed by atoms with Gasteiger partial charge in [-0.2, -0.15) is 0 Å². The van der Waals surface area contributed by atoms with Crippen LogP contribution in [0.2, 0.25) is 0 Å². The Morgan fingerprint density at radius 3 is 1.95 bits per heavy atom. The van der Waals surface area contributed by atoms with Gasteiger partial charge in [0.05, 0.1) is 51.8 Å². The highest BCUT2D eigenvalue weighted by Crippen LogP contribution is 2.09. The first-order valence-electron chi connectivity index (χ1n) is 8.57. The van der Waals surface area contributed by atoms with E-state index in [4.69, 9.17) is 18.9 Å². The Morgan fingerprint density at radius 2 is 1.36 bits per heavy atom. The number of hydrogen-bond donors (Lipinski definition) is 0. The standard InChI is InChI=1S/C16H32N2O4/c1-15-13-18(14-16(2)22-15)6-10-21-12-11-20-9-5-17-3-7-19-8-4-17/h15-16H,3-14H2,1-2H3. The second kappa shape index (κ2) is 10.5. The Balaban J connectivity index is 1.38. The molecule has 0 radical (unpaired) electrons. The van der Waals surface area contributed by atoms with Crippen molar-refractivity contribution in [3.05, 3.63) is 0 Å². The van der Waals surface area contributed by atoms with Gasteiger partial charge >= 0.3 is 0 Å². The largest absolute Gasteiger partial charge is 0.379 e. The van der Waals surface area contributed by atoms with Crippen molar-refractivity contribution in [3.63, 3.8) is 0 Å². The van der Waals surface area contributed by atoms with Gasteiger partial charge in [0, 0.05) is 39.3 Å². The lowest BCUT2D eigenvalue weighted by Crippen LogP contribution is -2.46. The molecule has 2 rings (SSSR count). The molecule has 0 aromatic rings. The summed E-state index contributed by atoms with van der Waals surface area (Å²) in [4.78, 5) is 4.79. The maximum Gasteiger partial charge on any atom is 0.0701 e. The Labute approximate surface area is 134 Å². The van der Waals surface area contributed by atoms with E-state index in [1.165, 1.54) is 0 Å². The van der Waals surface area contributed by atoms with Gasteiger partial charge in [-0.25, -0.2) is 0 Å². The third-order valence-electron chi connectivity index (χ3n) is 4.07. The van der Waals surface area contributed by atoms with Crippen molar-refractivity contribution in [2.24, 2.45) is 0 Å². The van der Waals surface area contributed by atoms with Crippen molar-refractivity contribution in [2.75, 3.05) is 78.9 Å². The van der Waals surface area contributed by atoms with Gasteiger partial charge in [0.1, 0.15) is 0 Å². The fourth-order valence-electron chi connectivity index (χ4n) is 3.00. The molecule has 2 saturated heterocycles. The molecular weight excluding hydrogens is 284 g/mol. The fourth-order valence-corrected chi connectivity index (χ4v) is 3.00. The van der Waals surface area contributed by atoms with Crippen LogP contribution in [0.15, 0.2) is 0 Å². The number of rotatable bonds is 9. The minimum atomic E-state index is 0.326. The molecule has 0 amide bonds. The van der Waals surface area contributed by atoms with E-state index in [-0.39, 0.29) is 0 Å². The maximum absolute atomic E-state index is 5.72. The number of ether oxygens (including phenoxy) is 4. The van der Waals surface area contributed by atoms with Gasteiger partial charge in [0.2, 0.25) is 0 Å². The van der Waals surface area contributed by atoms with E-state index >= 15 is 0 Å². The zero-order chi connectivity index (χ0) is 15.6. The zero-order valence-corrected chi connectivity index (χ0v) is 14.2. The fraction of sp³-hybridized carbons (Fsp3) is 1.00. The van der Waals surface area contributed by atoms with Crippen LogP contribution in [0.3, 0.4) is 0 Å². The summed E-state index contributed by atoms with van der Waals surface area (Å²) in [5.41, 5.74) is 0. The van der Waals surface area contributed by atoms with E-state index in [1.54, 1.807) is 0 Å². The second-order valence-corrected chi connectivity index (χ2v) is 6.20. The third-order valence-corrected chi connectivity index (χ3v) is 4.07. The summed E-state index contributed by atoms with van der Waals surface area (Å²) in [6, 6.07) is 0. The number of morpholine rings is 2. The Hall–Kier alpha value is -0.240. The first-order valence-corrected chi connectivity index (χ1v) is 8.57. The lowest BCUT2D eigenvalue weighted by molar-refractivity contribution is -0.0742. The van der Waals surface area contributed by atoms with E-state index in [1.807, 2.05) is 0 Å². The monoisotopic (exact) mass is 316 g/mol. The van der Waals surface area contributed by atoms with Crippen molar-refractivity contribution in [1.29, 1.82) is 0 Å². The van der Waals surface area contributed by atoms with Crippen molar-refractivity contribution in [3.8, 4) is 0 Å². The van der Waals surface area contributed by atoms with E-state index in [9.17, 15) is 0 Å². The quantitative estimate of drug-likeness (QED) is 0.576. The molecule has 130 valence electrons. The average Bonchev–Trinajstić information content (AvgIpc) is 2.50. The maximum atomic E-state index is 5.72. The molecular formula is C16H32N2O4. The third kappa shape index (κ3) is 7.35. The molecule has 2 heterocycles. The van der Waals surface area contributed by atoms with Crippen molar-refractivity contribution < 1.29 is 18.9 Å². The van der Waals surface area contributed by atoms with Crippen LogP contribution in [-0.4, -0.2) is 101 Å². The highest BCUT2D eigenvalue weighted by molar-refractivity contribution is 4.72. The van der Waals surface area contributed by atoms with Crippen LogP contribution >= 0.6 is 0 Å². The first kappa shape index (κ1) is 18.1. The minimum absolute atomic E-state index is 0.326. The first-order chi connectivity index (χ1) is 10.7. The highest BCUT2D eigenvalue weighted by atomic mass is 16.5. The molecule has 0 N–H and O–H groups in total. The second-order valence-electron chi connectivity index (χ2n) is 6.20. The molecule has 2 atom stereocenters. The van der Waals surface area contributed by atoms with E-state index in [0.29, 0.717) is 25.4 Å². The van der Waals surface area contributed by atoms with Gasteiger partial charge in [-0.05, 0) is 13.8 Å².